The summed E-state index contributed by atoms with van der Waals surface area (Å²) in [5, 5.41) is 25.5. The van der Waals surface area contributed by atoms with Crippen molar-refractivity contribution in [3.8, 4) is 0 Å². The van der Waals surface area contributed by atoms with Gasteiger partial charge in [0.25, 0.3) is 0 Å². The second-order valence-electron chi connectivity index (χ2n) is 5.38. The topological polar surface area (TPSA) is 67.6 Å². The molecule has 0 aliphatic carbocycles. The molecule has 0 saturated carbocycles. The summed E-state index contributed by atoms with van der Waals surface area (Å²) in [6, 6.07) is 0. The number of rotatable bonds is 9. The normalized spacial score (nSPS) is 14.2. The van der Waals surface area contributed by atoms with E-state index in [9.17, 15) is 13.2 Å². The number of alkyl halides is 3. The summed E-state index contributed by atoms with van der Waals surface area (Å²) in [6.45, 7) is 3.09. The quantitative estimate of drug-likeness (QED) is 0.153. The van der Waals surface area contributed by atoms with Crippen LogP contribution < -0.4 is 0 Å². The van der Waals surface area contributed by atoms with E-state index in [-0.39, 0.29) is 36.4 Å². The predicted molar refractivity (Wildman–Crippen MR) is 101 cm³/mol. The highest BCUT2D eigenvalue weighted by Gasteiger charge is 2.39. The van der Waals surface area contributed by atoms with Gasteiger partial charge in [-0.1, -0.05) is 48.1 Å². The average molecular weight is 436 g/mol. The minimum Gasteiger partial charge on any atom is -0.427 e. The van der Waals surface area contributed by atoms with Crippen LogP contribution >= 0.6 is 34.8 Å². The Kier molecular flexibility index (Phi) is 11.6. The smallest absolute Gasteiger partial charge is 0.427 e. The van der Waals surface area contributed by atoms with Crippen molar-refractivity contribution < 1.29 is 23.2 Å². The van der Waals surface area contributed by atoms with E-state index in [1.54, 1.807) is 6.92 Å². The SMILES string of the molecule is CC\C(Cl)=C(C)/C(=C\C(Cl)=C\Cl)N(CCCCB(O)O)C(=N)C(F)(F)F. The maximum absolute atomic E-state index is 13.2. The van der Waals surface area contributed by atoms with Crippen LogP contribution in [0.25, 0.3) is 0 Å². The van der Waals surface area contributed by atoms with E-state index >= 15 is 0 Å². The molecular formula is C15H21BCl3F3N2O2. The van der Waals surface area contributed by atoms with Gasteiger partial charge in [-0.25, -0.2) is 0 Å². The van der Waals surface area contributed by atoms with Gasteiger partial charge in [0.1, 0.15) is 0 Å². The first kappa shape index (κ1) is 25.3. The molecular weight excluding hydrogens is 414 g/mol. The van der Waals surface area contributed by atoms with Crippen molar-refractivity contribution in [2.75, 3.05) is 6.54 Å². The van der Waals surface area contributed by atoms with E-state index in [4.69, 9.17) is 50.3 Å². The lowest BCUT2D eigenvalue weighted by Gasteiger charge is -2.30. The Morgan fingerprint density at radius 1 is 1.23 bits per heavy atom. The number of allylic oxidation sites excluding steroid dienone is 4. The molecule has 0 aromatic carbocycles. The van der Waals surface area contributed by atoms with Crippen molar-refractivity contribution in [3.05, 3.63) is 32.9 Å². The summed E-state index contributed by atoms with van der Waals surface area (Å²) in [5.74, 6) is -1.58. The molecule has 0 atom stereocenters. The van der Waals surface area contributed by atoms with Crippen LogP contribution in [0.15, 0.2) is 32.9 Å². The van der Waals surface area contributed by atoms with Crippen LogP contribution in [-0.4, -0.2) is 40.6 Å². The number of nitrogens with zero attached hydrogens (tertiary/aromatic N) is 1. The highest BCUT2D eigenvalue weighted by atomic mass is 35.5. The largest absolute Gasteiger partial charge is 0.451 e. The molecule has 4 nitrogen and oxygen atoms in total. The van der Waals surface area contributed by atoms with Gasteiger partial charge in [-0.05, 0) is 37.7 Å². The first-order chi connectivity index (χ1) is 11.9. The van der Waals surface area contributed by atoms with E-state index in [1.165, 1.54) is 13.0 Å². The Morgan fingerprint density at radius 3 is 2.23 bits per heavy atom. The first-order valence-corrected chi connectivity index (χ1v) is 8.97. The summed E-state index contributed by atoms with van der Waals surface area (Å²) < 4.78 is 39.5. The van der Waals surface area contributed by atoms with Gasteiger partial charge in [0, 0.05) is 22.8 Å². The van der Waals surface area contributed by atoms with E-state index < -0.39 is 19.1 Å². The fraction of sp³-hybridized carbons (Fsp3) is 0.533. The molecule has 0 aliphatic rings. The van der Waals surface area contributed by atoms with Gasteiger partial charge >= 0.3 is 13.3 Å². The molecule has 0 spiro atoms. The van der Waals surface area contributed by atoms with Gasteiger partial charge < -0.3 is 14.9 Å². The maximum atomic E-state index is 13.2. The molecule has 0 aromatic heterocycles. The Bertz CT molecular complexity index is 579. The summed E-state index contributed by atoms with van der Waals surface area (Å²) >= 11 is 17.5. The van der Waals surface area contributed by atoms with Crippen molar-refractivity contribution in [3.63, 3.8) is 0 Å². The summed E-state index contributed by atoms with van der Waals surface area (Å²) in [6.07, 6.45) is -2.83. The Labute approximate surface area is 166 Å². The van der Waals surface area contributed by atoms with Gasteiger partial charge in [0.15, 0.2) is 0 Å². The van der Waals surface area contributed by atoms with Crippen LogP contribution in [0.4, 0.5) is 13.2 Å². The van der Waals surface area contributed by atoms with Gasteiger partial charge in [-0.2, -0.15) is 13.2 Å². The monoisotopic (exact) mass is 434 g/mol. The molecule has 0 bridgehead atoms. The molecule has 11 heteroatoms. The van der Waals surface area contributed by atoms with Gasteiger partial charge in [0.05, 0.1) is 5.03 Å². The minimum absolute atomic E-state index is 0.00521. The fourth-order valence-corrected chi connectivity index (χ4v) is 2.32. The lowest BCUT2D eigenvalue weighted by Crippen LogP contribution is -2.41. The van der Waals surface area contributed by atoms with E-state index in [0.717, 1.165) is 10.4 Å². The van der Waals surface area contributed by atoms with Crippen molar-refractivity contribution in [2.45, 2.75) is 45.6 Å². The predicted octanol–water partition coefficient (Wildman–Crippen LogP) is 5.21. The standard InChI is InChI=1S/C15H21BCl3F3N2O2/c1-3-12(19)10(2)13(8-11(18)9-17)24(14(23)15(20,21)22)7-5-4-6-16(25)26/h8-9,23,25-26H,3-7H2,1-2H3/b11-9-,12-10+,13-8+,23-14?. The molecule has 0 aromatic rings. The average Bonchev–Trinajstić information content (AvgIpc) is 2.57. The fourth-order valence-electron chi connectivity index (χ4n) is 2.06. The highest BCUT2D eigenvalue weighted by Crippen LogP contribution is 2.30. The second-order valence-corrected chi connectivity index (χ2v) is 6.49. The lowest BCUT2D eigenvalue weighted by atomic mass is 9.84. The lowest BCUT2D eigenvalue weighted by molar-refractivity contribution is -0.0683. The summed E-state index contributed by atoms with van der Waals surface area (Å²) in [4.78, 5) is 0.750. The van der Waals surface area contributed by atoms with Gasteiger partial charge in [-0.15, -0.1) is 0 Å². The molecule has 0 rings (SSSR count). The first-order valence-electron chi connectivity index (χ1n) is 7.78. The van der Waals surface area contributed by atoms with E-state index in [0.29, 0.717) is 17.0 Å². The third-order valence-corrected chi connectivity index (χ3v) is 4.52. The Hall–Kier alpha value is -0.665. The molecule has 26 heavy (non-hydrogen) atoms. The summed E-state index contributed by atoms with van der Waals surface area (Å²) in [7, 11) is -1.54. The zero-order valence-electron chi connectivity index (χ0n) is 14.4. The number of amidine groups is 1. The Morgan fingerprint density at radius 2 is 1.81 bits per heavy atom. The molecule has 148 valence electrons. The summed E-state index contributed by atoms with van der Waals surface area (Å²) in [5.41, 5.74) is 1.33. The molecule has 0 unspecified atom stereocenters. The molecule has 0 aliphatic heterocycles. The number of halogens is 6. The van der Waals surface area contributed by atoms with E-state index in [2.05, 4.69) is 0 Å². The van der Waals surface area contributed by atoms with Crippen LogP contribution in [0, 0.1) is 5.41 Å². The minimum atomic E-state index is -4.88. The van der Waals surface area contributed by atoms with Crippen molar-refractivity contribution in [1.29, 1.82) is 5.41 Å². The zero-order valence-corrected chi connectivity index (χ0v) is 16.6. The Balaban J connectivity index is 5.93. The van der Waals surface area contributed by atoms with E-state index in [1.807, 2.05) is 0 Å². The number of unbranched alkanes of at least 4 members (excludes halogenated alkanes) is 1. The zero-order chi connectivity index (χ0) is 20.5. The van der Waals surface area contributed by atoms with Crippen LogP contribution in [0.5, 0.6) is 0 Å². The van der Waals surface area contributed by atoms with Crippen LogP contribution in [0.1, 0.15) is 33.1 Å². The maximum Gasteiger partial charge on any atom is 0.451 e. The number of nitrogens with one attached hydrogen (secondary N) is 1. The third-order valence-electron chi connectivity index (χ3n) is 3.40. The number of hydrogen-bond donors (Lipinski definition) is 3. The molecule has 3 N–H and O–H groups in total. The highest BCUT2D eigenvalue weighted by molar-refractivity contribution is 6.40. The molecule has 0 radical (unpaired) electrons. The van der Waals surface area contributed by atoms with Crippen LogP contribution in [0.3, 0.4) is 0 Å². The van der Waals surface area contributed by atoms with Gasteiger partial charge in [0.2, 0.25) is 5.84 Å². The molecule has 0 fully saturated rings. The molecule has 0 amide bonds. The van der Waals surface area contributed by atoms with Crippen molar-refractivity contribution >= 4 is 47.8 Å². The van der Waals surface area contributed by atoms with Crippen LogP contribution in [0.2, 0.25) is 6.32 Å². The second kappa shape index (κ2) is 11.9. The molecule has 0 saturated heterocycles. The van der Waals surface area contributed by atoms with Gasteiger partial charge in [-0.3, -0.25) is 5.41 Å². The van der Waals surface area contributed by atoms with Crippen molar-refractivity contribution in [2.24, 2.45) is 0 Å². The van der Waals surface area contributed by atoms with Crippen LogP contribution in [-0.2, 0) is 0 Å². The third kappa shape index (κ3) is 8.82. The van der Waals surface area contributed by atoms with Crippen molar-refractivity contribution in [1.82, 2.24) is 4.90 Å². The number of hydrogen-bond acceptors (Lipinski definition) is 3. The molecule has 0 heterocycles.